The number of piperidine rings is 1. The Labute approximate surface area is 164 Å². The molecule has 27 heavy (non-hydrogen) atoms. The molecular formula is C19H21ClN2O4S. The zero-order valence-corrected chi connectivity index (χ0v) is 16.6. The van der Waals surface area contributed by atoms with E-state index in [1.807, 2.05) is 0 Å². The molecule has 3 rings (SSSR count). The van der Waals surface area contributed by atoms with Gasteiger partial charge in [0.25, 0.3) is 0 Å². The van der Waals surface area contributed by atoms with Crippen LogP contribution in [-0.4, -0.2) is 36.8 Å². The standard InChI is InChI=1S/C19H21ClN2O4S/c1-14-5-7-16(27(24,25)22-9-3-2-4-10-22)11-17(14)19(23)26-13-15-6-8-18(20)21-12-15/h5-8,11-12H,2-4,9-10,13H2,1H3. The van der Waals surface area contributed by atoms with E-state index in [0.717, 1.165) is 19.3 Å². The van der Waals surface area contributed by atoms with E-state index in [4.69, 9.17) is 16.3 Å². The van der Waals surface area contributed by atoms with Crippen molar-refractivity contribution < 1.29 is 17.9 Å². The highest BCUT2D eigenvalue weighted by molar-refractivity contribution is 7.89. The molecule has 0 unspecified atom stereocenters. The van der Waals surface area contributed by atoms with Crippen molar-refractivity contribution in [2.45, 2.75) is 37.7 Å². The summed E-state index contributed by atoms with van der Waals surface area (Å²) < 4.78 is 32.5. The van der Waals surface area contributed by atoms with E-state index >= 15 is 0 Å². The number of rotatable bonds is 5. The fraction of sp³-hybridized carbons (Fsp3) is 0.368. The molecule has 0 spiro atoms. The van der Waals surface area contributed by atoms with Crippen molar-refractivity contribution in [3.8, 4) is 0 Å². The van der Waals surface area contributed by atoms with Crippen LogP contribution in [0.5, 0.6) is 0 Å². The molecule has 0 amide bonds. The molecule has 2 aromatic rings. The Morgan fingerprint density at radius 1 is 1.19 bits per heavy atom. The van der Waals surface area contributed by atoms with Crippen LogP contribution in [0.4, 0.5) is 0 Å². The van der Waals surface area contributed by atoms with Gasteiger partial charge in [0, 0.05) is 24.8 Å². The van der Waals surface area contributed by atoms with Crippen molar-refractivity contribution in [2.24, 2.45) is 0 Å². The molecule has 1 aliphatic rings. The highest BCUT2D eigenvalue weighted by atomic mass is 35.5. The van der Waals surface area contributed by atoms with E-state index in [9.17, 15) is 13.2 Å². The zero-order chi connectivity index (χ0) is 19.4. The molecule has 0 radical (unpaired) electrons. The molecule has 0 saturated carbocycles. The topological polar surface area (TPSA) is 76.6 Å². The number of nitrogens with zero attached hydrogens (tertiary/aromatic N) is 2. The molecule has 144 valence electrons. The maximum Gasteiger partial charge on any atom is 0.338 e. The Bertz CT molecular complexity index is 923. The summed E-state index contributed by atoms with van der Waals surface area (Å²) in [4.78, 5) is 16.5. The first kappa shape index (κ1) is 19.8. The number of esters is 1. The molecule has 1 fully saturated rings. The molecule has 0 aliphatic carbocycles. The molecule has 0 atom stereocenters. The Morgan fingerprint density at radius 2 is 1.93 bits per heavy atom. The van der Waals surface area contributed by atoms with Gasteiger partial charge in [-0.3, -0.25) is 0 Å². The third-order valence-electron chi connectivity index (χ3n) is 4.54. The van der Waals surface area contributed by atoms with Crippen molar-refractivity contribution in [1.82, 2.24) is 9.29 Å². The number of pyridine rings is 1. The fourth-order valence-corrected chi connectivity index (χ4v) is 4.61. The number of sulfonamides is 1. The molecule has 1 aromatic carbocycles. The summed E-state index contributed by atoms with van der Waals surface area (Å²) >= 11 is 5.74. The third kappa shape index (κ3) is 4.66. The summed E-state index contributed by atoms with van der Waals surface area (Å²) in [7, 11) is -3.61. The van der Waals surface area contributed by atoms with Gasteiger partial charge in [0.1, 0.15) is 11.8 Å². The molecule has 1 saturated heterocycles. The van der Waals surface area contributed by atoms with Crippen LogP contribution in [0.25, 0.3) is 0 Å². The minimum atomic E-state index is -3.61. The second-order valence-electron chi connectivity index (χ2n) is 6.51. The lowest BCUT2D eigenvalue weighted by molar-refractivity contribution is 0.0471. The molecule has 2 heterocycles. The lowest BCUT2D eigenvalue weighted by Crippen LogP contribution is -2.35. The summed E-state index contributed by atoms with van der Waals surface area (Å²) in [5.41, 5.74) is 1.60. The minimum absolute atomic E-state index is 0.0333. The average Bonchev–Trinajstić information content (AvgIpc) is 2.68. The zero-order valence-electron chi connectivity index (χ0n) is 15.0. The number of carbonyl (C=O) groups excluding carboxylic acids is 1. The van der Waals surface area contributed by atoms with Crippen LogP contribution in [0.3, 0.4) is 0 Å². The molecular weight excluding hydrogens is 388 g/mol. The van der Waals surface area contributed by atoms with Gasteiger partial charge in [-0.15, -0.1) is 0 Å². The van der Waals surface area contributed by atoms with Crippen LogP contribution in [-0.2, 0) is 21.4 Å². The summed E-state index contributed by atoms with van der Waals surface area (Å²) in [6, 6.07) is 7.91. The average molecular weight is 409 g/mol. The number of halogens is 1. The first-order valence-electron chi connectivity index (χ1n) is 8.76. The molecule has 6 nitrogen and oxygen atoms in total. The summed E-state index contributed by atoms with van der Waals surface area (Å²) in [6.45, 7) is 2.81. The quantitative estimate of drug-likeness (QED) is 0.558. The van der Waals surface area contributed by atoms with Crippen LogP contribution in [0.15, 0.2) is 41.4 Å². The monoisotopic (exact) mass is 408 g/mol. The van der Waals surface area contributed by atoms with Gasteiger partial charge in [-0.1, -0.05) is 30.2 Å². The van der Waals surface area contributed by atoms with E-state index in [0.29, 0.717) is 29.4 Å². The smallest absolute Gasteiger partial charge is 0.338 e. The van der Waals surface area contributed by atoms with E-state index in [-0.39, 0.29) is 17.1 Å². The Morgan fingerprint density at radius 3 is 2.59 bits per heavy atom. The lowest BCUT2D eigenvalue weighted by atomic mass is 10.1. The van der Waals surface area contributed by atoms with Gasteiger partial charge in [-0.25, -0.2) is 18.2 Å². The number of hydrogen-bond donors (Lipinski definition) is 0. The Hall–Kier alpha value is -1.96. The van der Waals surface area contributed by atoms with Crippen LogP contribution in [0.2, 0.25) is 5.15 Å². The first-order chi connectivity index (χ1) is 12.9. The molecule has 1 aliphatic heterocycles. The largest absolute Gasteiger partial charge is 0.457 e. The number of aryl methyl sites for hydroxylation is 1. The van der Waals surface area contributed by atoms with Crippen molar-refractivity contribution in [1.29, 1.82) is 0 Å². The maximum atomic E-state index is 12.8. The van der Waals surface area contributed by atoms with Crippen molar-refractivity contribution in [3.63, 3.8) is 0 Å². The Balaban J connectivity index is 1.78. The molecule has 0 bridgehead atoms. The normalized spacial score (nSPS) is 15.5. The summed E-state index contributed by atoms with van der Waals surface area (Å²) in [6.07, 6.45) is 4.28. The van der Waals surface area contributed by atoms with Gasteiger partial charge >= 0.3 is 5.97 Å². The Kier molecular flexibility index (Phi) is 6.14. The fourth-order valence-electron chi connectivity index (χ4n) is 2.95. The van der Waals surface area contributed by atoms with Gasteiger partial charge in [-0.05, 0) is 43.5 Å². The summed E-state index contributed by atoms with van der Waals surface area (Å²) in [5.74, 6) is -0.571. The van der Waals surface area contributed by atoms with E-state index in [1.54, 1.807) is 31.2 Å². The predicted molar refractivity (Wildman–Crippen MR) is 102 cm³/mol. The highest BCUT2D eigenvalue weighted by Gasteiger charge is 2.27. The second kappa shape index (κ2) is 8.37. The van der Waals surface area contributed by atoms with Crippen LogP contribution in [0.1, 0.15) is 40.7 Å². The number of benzene rings is 1. The first-order valence-corrected chi connectivity index (χ1v) is 10.6. The van der Waals surface area contributed by atoms with Gasteiger partial charge in [0.2, 0.25) is 10.0 Å². The van der Waals surface area contributed by atoms with Crippen LogP contribution in [0, 0.1) is 6.92 Å². The number of hydrogen-bond acceptors (Lipinski definition) is 5. The van der Waals surface area contributed by atoms with Gasteiger partial charge in [-0.2, -0.15) is 4.31 Å². The summed E-state index contributed by atoms with van der Waals surface area (Å²) in [5, 5.41) is 0.358. The van der Waals surface area contributed by atoms with Gasteiger partial charge in [0.05, 0.1) is 10.5 Å². The number of ether oxygens (including phenoxy) is 1. The highest BCUT2D eigenvalue weighted by Crippen LogP contribution is 2.23. The van der Waals surface area contributed by atoms with E-state index < -0.39 is 16.0 Å². The minimum Gasteiger partial charge on any atom is -0.457 e. The van der Waals surface area contributed by atoms with Crippen molar-refractivity contribution >= 4 is 27.6 Å². The lowest BCUT2D eigenvalue weighted by Gasteiger charge is -2.26. The molecule has 1 aromatic heterocycles. The van der Waals surface area contributed by atoms with Crippen molar-refractivity contribution in [3.05, 3.63) is 58.4 Å². The van der Waals surface area contributed by atoms with E-state index in [2.05, 4.69) is 4.98 Å². The SMILES string of the molecule is Cc1ccc(S(=O)(=O)N2CCCCC2)cc1C(=O)OCc1ccc(Cl)nc1. The van der Waals surface area contributed by atoms with Crippen molar-refractivity contribution in [2.75, 3.05) is 13.1 Å². The third-order valence-corrected chi connectivity index (χ3v) is 6.66. The number of aromatic nitrogens is 1. The number of carbonyl (C=O) groups is 1. The second-order valence-corrected chi connectivity index (χ2v) is 8.83. The maximum absolute atomic E-state index is 12.8. The van der Waals surface area contributed by atoms with E-state index in [1.165, 1.54) is 16.6 Å². The van der Waals surface area contributed by atoms with Gasteiger partial charge < -0.3 is 4.74 Å². The molecule has 0 N–H and O–H groups in total. The van der Waals surface area contributed by atoms with Gasteiger partial charge in [0.15, 0.2) is 0 Å². The molecule has 8 heteroatoms. The van der Waals surface area contributed by atoms with Crippen LogP contribution >= 0.6 is 11.6 Å². The predicted octanol–water partition coefficient (Wildman–Crippen LogP) is 3.58. The van der Waals surface area contributed by atoms with Crippen LogP contribution < -0.4 is 0 Å².